The molecule has 2 N–H and O–H groups in total. The molecule has 0 saturated carbocycles. The van der Waals surface area contributed by atoms with Crippen molar-refractivity contribution in [2.24, 2.45) is 5.92 Å². The van der Waals surface area contributed by atoms with E-state index in [1.807, 2.05) is 13.8 Å². The molecule has 0 aromatic heterocycles. The highest BCUT2D eigenvalue weighted by Gasteiger charge is 2.26. The minimum absolute atomic E-state index is 0.154. The van der Waals surface area contributed by atoms with Gasteiger partial charge in [0.2, 0.25) is 5.91 Å². The van der Waals surface area contributed by atoms with Crippen molar-refractivity contribution < 1.29 is 14.4 Å². The molecular weight excluding hydrogens is 410 g/mol. The van der Waals surface area contributed by atoms with Crippen molar-refractivity contribution in [1.82, 2.24) is 10.2 Å². The van der Waals surface area contributed by atoms with Crippen molar-refractivity contribution in [1.29, 1.82) is 0 Å². The van der Waals surface area contributed by atoms with Gasteiger partial charge in [-0.15, -0.1) is 0 Å². The molecular formula is C21H24ClN3O3S. The van der Waals surface area contributed by atoms with Crippen LogP contribution in [-0.4, -0.2) is 42.1 Å². The third-order valence-corrected chi connectivity index (χ3v) is 5.51. The summed E-state index contributed by atoms with van der Waals surface area (Å²) in [5, 5.41) is 5.75. The second-order valence-electron chi connectivity index (χ2n) is 6.92. The van der Waals surface area contributed by atoms with Crippen LogP contribution in [0.2, 0.25) is 5.02 Å². The van der Waals surface area contributed by atoms with Crippen LogP contribution in [-0.2, 0) is 4.79 Å². The molecule has 0 aliphatic rings. The monoisotopic (exact) mass is 433 g/mol. The summed E-state index contributed by atoms with van der Waals surface area (Å²) in [6, 6.07) is 12.9. The Morgan fingerprint density at radius 1 is 1.00 bits per heavy atom. The first-order valence-corrected chi connectivity index (χ1v) is 10.2. The summed E-state index contributed by atoms with van der Waals surface area (Å²) in [4.78, 5) is 39.6. The van der Waals surface area contributed by atoms with E-state index in [2.05, 4.69) is 10.6 Å². The Morgan fingerprint density at radius 3 is 2.24 bits per heavy atom. The average molecular weight is 434 g/mol. The smallest absolute Gasteiger partial charge is 0.286 e. The van der Waals surface area contributed by atoms with Gasteiger partial charge in [-0.3, -0.25) is 14.4 Å². The minimum atomic E-state index is -0.777. The number of rotatable bonds is 6. The summed E-state index contributed by atoms with van der Waals surface area (Å²) in [7, 11) is 3.32. The largest absolute Gasteiger partial charge is 0.340 e. The Balaban J connectivity index is 2.18. The first-order chi connectivity index (χ1) is 13.7. The number of benzene rings is 2. The molecule has 3 amide bonds. The summed E-state index contributed by atoms with van der Waals surface area (Å²) < 4.78 is 0. The molecule has 1 unspecified atom stereocenters. The Labute approximate surface area is 180 Å². The van der Waals surface area contributed by atoms with Crippen LogP contribution in [0.1, 0.15) is 24.2 Å². The van der Waals surface area contributed by atoms with E-state index < -0.39 is 11.9 Å². The summed E-state index contributed by atoms with van der Waals surface area (Å²) in [5.74, 6) is -0.953. The number of nitrogens with zero attached hydrogens (tertiary/aromatic N) is 1. The van der Waals surface area contributed by atoms with Crippen LogP contribution in [0.3, 0.4) is 0 Å². The average Bonchev–Trinajstić information content (AvgIpc) is 2.67. The molecule has 0 spiro atoms. The normalized spacial score (nSPS) is 11.7. The first-order valence-electron chi connectivity index (χ1n) is 9.05. The van der Waals surface area contributed by atoms with E-state index >= 15 is 0 Å². The molecule has 0 bridgehead atoms. The van der Waals surface area contributed by atoms with E-state index in [0.717, 1.165) is 11.8 Å². The number of para-hydroxylation sites is 1. The van der Waals surface area contributed by atoms with Gasteiger partial charge in [-0.25, -0.2) is 0 Å². The number of carbonyl (C=O) groups excluding carboxylic acids is 3. The number of hydrogen-bond donors (Lipinski definition) is 2. The van der Waals surface area contributed by atoms with Gasteiger partial charge in [-0.05, 0) is 41.9 Å². The van der Waals surface area contributed by atoms with Gasteiger partial charge >= 0.3 is 0 Å². The second-order valence-corrected chi connectivity index (χ2v) is 8.32. The predicted molar refractivity (Wildman–Crippen MR) is 118 cm³/mol. The zero-order valence-corrected chi connectivity index (χ0v) is 18.3. The van der Waals surface area contributed by atoms with Crippen molar-refractivity contribution in [3.8, 4) is 0 Å². The van der Waals surface area contributed by atoms with Gasteiger partial charge in [0, 0.05) is 19.0 Å². The topological polar surface area (TPSA) is 78.5 Å². The fraction of sp³-hybridized carbons (Fsp3) is 0.286. The lowest BCUT2D eigenvalue weighted by molar-refractivity contribution is -0.118. The van der Waals surface area contributed by atoms with E-state index in [9.17, 15) is 14.4 Å². The van der Waals surface area contributed by atoms with Gasteiger partial charge in [0.25, 0.3) is 11.1 Å². The molecule has 0 radical (unpaired) electrons. The SMILES string of the molecule is CC(C)C(NC(=O)c1ccccc1Cl)C(=O)Nc1ccccc1SC(=O)N(C)C. The highest BCUT2D eigenvalue weighted by atomic mass is 35.5. The third-order valence-electron chi connectivity index (χ3n) is 4.06. The van der Waals surface area contributed by atoms with Crippen LogP contribution in [0.5, 0.6) is 0 Å². The summed E-state index contributed by atoms with van der Waals surface area (Å²) in [5.41, 5.74) is 0.815. The van der Waals surface area contributed by atoms with Crippen LogP contribution in [0.15, 0.2) is 53.4 Å². The lowest BCUT2D eigenvalue weighted by atomic mass is 10.0. The summed E-state index contributed by atoms with van der Waals surface area (Å²) >= 11 is 7.11. The number of carbonyl (C=O) groups is 3. The van der Waals surface area contributed by atoms with E-state index in [1.165, 1.54) is 4.90 Å². The molecule has 2 aromatic carbocycles. The Kier molecular flexibility index (Phi) is 8.10. The highest BCUT2D eigenvalue weighted by Crippen LogP contribution is 2.29. The van der Waals surface area contributed by atoms with Crippen molar-refractivity contribution in [2.45, 2.75) is 24.8 Å². The fourth-order valence-corrected chi connectivity index (χ4v) is 3.42. The predicted octanol–water partition coefficient (Wildman–Crippen LogP) is 4.51. The van der Waals surface area contributed by atoms with E-state index in [-0.39, 0.29) is 17.1 Å². The molecule has 0 aliphatic heterocycles. The molecule has 29 heavy (non-hydrogen) atoms. The molecule has 0 saturated heterocycles. The van der Waals surface area contributed by atoms with Crippen LogP contribution in [0.25, 0.3) is 0 Å². The van der Waals surface area contributed by atoms with Gasteiger partial charge in [-0.1, -0.05) is 49.7 Å². The van der Waals surface area contributed by atoms with Crippen molar-refractivity contribution in [3.63, 3.8) is 0 Å². The third kappa shape index (κ3) is 6.24. The quantitative estimate of drug-likeness (QED) is 0.657. The van der Waals surface area contributed by atoms with E-state index in [1.54, 1.807) is 62.6 Å². The molecule has 0 aliphatic carbocycles. The molecule has 2 aromatic rings. The molecule has 6 nitrogen and oxygen atoms in total. The van der Waals surface area contributed by atoms with Crippen molar-refractivity contribution in [2.75, 3.05) is 19.4 Å². The lowest BCUT2D eigenvalue weighted by Gasteiger charge is -2.23. The van der Waals surface area contributed by atoms with Crippen molar-refractivity contribution in [3.05, 3.63) is 59.1 Å². The van der Waals surface area contributed by atoms with Gasteiger partial charge in [0.15, 0.2) is 0 Å². The number of thioether (sulfide) groups is 1. The summed E-state index contributed by atoms with van der Waals surface area (Å²) in [6.07, 6.45) is 0. The lowest BCUT2D eigenvalue weighted by Crippen LogP contribution is -2.47. The second kappa shape index (κ2) is 10.3. The Morgan fingerprint density at radius 2 is 1.62 bits per heavy atom. The van der Waals surface area contributed by atoms with Gasteiger partial charge in [-0.2, -0.15) is 0 Å². The maximum atomic E-state index is 12.9. The van der Waals surface area contributed by atoms with Crippen LogP contribution in [0.4, 0.5) is 10.5 Å². The minimum Gasteiger partial charge on any atom is -0.340 e. The van der Waals surface area contributed by atoms with Gasteiger partial charge < -0.3 is 15.5 Å². The maximum absolute atomic E-state index is 12.9. The van der Waals surface area contributed by atoms with Crippen LogP contribution < -0.4 is 10.6 Å². The Bertz CT molecular complexity index is 902. The van der Waals surface area contributed by atoms with Crippen LogP contribution in [0, 0.1) is 5.92 Å². The number of halogens is 1. The van der Waals surface area contributed by atoms with Gasteiger partial charge in [0.05, 0.1) is 16.3 Å². The number of nitrogens with one attached hydrogen (secondary N) is 2. The Hall–Kier alpha value is -2.51. The number of amides is 3. The van der Waals surface area contributed by atoms with Crippen molar-refractivity contribution >= 4 is 46.1 Å². The molecule has 1 atom stereocenters. The maximum Gasteiger partial charge on any atom is 0.286 e. The number of hydrogen-bond acceptors (Lipinski definition) is 4. The molecule has 2 rings (SSSR count). The molecule has 154 valence electrons. The fourth-order valence-electron chi connectivity index (χ4n) is 2.45. The molecule has 8 heteroatoms. The molecule has 0 heterocycles. The summed E-state index contributed by atoms with van der Waals surface area (Å²) in [6.45, 7) is 3.68. The number of anilines is 1. The van der Waals surface area contributed by atoms with Gasteiger partial charge in [0.1, 0.15) is 6.04 Å². The molecule has 0 fully saturated rings. The van der Waals surface area contributed by atoms with Crippen LogP contribution >= 0.6 is 23.4 Å². The first kappa shape index (κ1) is 22.8. The highest BCUT2D eigenvalue weighted by molar-refractivity contribution is 8.13. The van der Waals surface area contributed by atoms with E-state index in [0.29, 0.717) is 21.2 Å². The standard InChI is InChI=1S/C21H24ClN3O3S/c1-13(2)18(24-19(26)14-9-5-6-10-15(14)22)20(27)23-16-11-7-8-12-17(16)29-21(28)25(3)4/h5-13,18H,1-4H3,(H,23,27)(H,24,26). The zero-order valence-electron chi connectivity index (χ0n) is 16.7. The zero-order chi connectivity index (χ0) is 21.6. The van der Waals surface area contributed by atoms with E-state index in [4.69, 9.17) is 11.6 Å².